The van der Waals surface area contributed by atoms with Gasteiger partial charge in [-0.2, -0.15) is 0 Å². The quantitative estimate of drug-likeness (QED) is 0.827. The predicted octanol–water partition coefficient (Wildman–Crippen LogP) is 2.61. The first-order chi connectivity index (χ1) is 10.7. The summed E-state index contributed by atoms with van der Waals surface area (Å²) in [5, 5.41) is 0.710. The van der Waals surface area contributed by atoms with Crippen LogP contribution in [0.15, 0.2) is 28.6 Å². The Kier molecular flexibility index (Phi) is 3.86. The first-order valence-corrected chi connectivity index (χ1v) is 9.49. The Labute approximate surface area is 139 Å². The van der Waals surface area contributed by atoms with Crippen molar-refractivity contribution in [1.29, 1.82) is 0 Å². The average molecular weight is 353 g/mol. The monoisotopic (exact) mass is 353 g/mol. The van der Waals surface area contributed by atoms with Crippen molar-refractivity contribution in [1.82, 2.24) is 9.71 Å². The van der Waals surface area contributed by atoms with Gasteiger partial charge in [-0.15, -0.1) is 11.3 Å². The van der Waals surface area contributed by atoms with Gasteiger partial charge in [0.2, 0.25) is 0 Å². The number of aromatic nitrogens is 1. The topological polar surface area (TPSA) is 94.3 Å². The summed E-state index contributed by atoms with van der Waals surface area (Å²) in [6.07, 6.45) is 1.90. The number of nitrogen functional groups attached to an aromatic ring is 1. The second-order valence-corrected chi connectivity index (χ2v) is 9.41. The Bertz CT molecular complexity index is 843. The fraction of sp³-hybridized carbons (Fsp3) is 0.400. The van der Waals surface area contributed by atoms with E-state index < -0.39 is 21.7 Å². The lowest BCUT2D eigenvalue weighted by Gasteiger charge is -2.37. The van der Waals surface area contributed by atoms with Crippen molar-refractivity contribution in [2.45, 2.75) is 43.0 Å². The molecule has 0 saturated carbocycles. The molecule has 124 valence electrons. The normalized spacial score (nSPS) is 19.9. The maximum Gasteiger partial charge on any atom is 0.252 e. The fourth-order valence-corrected chi connectivity index (χ4v) is 5.03. The second kappa shape index (κ2) is 5.47. The van der Waals surface area contributed by atoms with Crippen molar-refractivity contribution >= 4 is 27.0 Å². The van der Waals surface area contributed by atoms with E-state index in [9.17, 15) is 8.42 Å². The number of anilines is 1. The smallest absolute Gasteiger partial charge is 0.252 e. The van der Waals surface area contributed by atoms with E-state index in [1.807, 2.05) is 13.8 Å². The van der Waals surface area contributed by atoms with E-state index in [0.29, 0.717) is 22.9 Å². The number of sulfonamides is 1. The van der Waals surface area contributed by atoms with Crippen molar-refractivity contribution in [3.8, 4) is 5.75 Å². The summed E-state index contributed by atoms with van der Waals surface area (Å²) in [6, 6.07) is 4.89. The van der Waals surface area contributed by atoms with E-state index in [1.165, 1.54) is 6.20 Å². The number of hydrogen-bond donors (Lipinski definition) is 2. The van der Waals surface area contributed by atoms with E-state index in [4.69, 9.17) is 10.5 Å². The summed E-state index contributed by atoms with van der Waals surface area (Å²) < 4.78 is 34.1. The summed E-state index contributed by atoms with van der Waals surface area (Å²) in [5.74, 6) is 0.656. The largest absolute Gasteiger partial charge is 0.487 e. The number of aryl methyl sites for hydroxylation is 1. The van der Waals surface area contributed by atoms with Gasteiger partial charge in [0, 0.05) is 17.7 Å². The number of rotatable bonds is 3. The molecule has 1 atom stereocenters. The summed E-state index contributed by atoms with van der Waals surface area (Å²) in [4.78, 5) is 4.02. The SMILES string of the molecule is Cc1ncc(S(=O)(=O)NC2CC(C)(C)Oc3ccc(N)cc32)s1. The summed E-state index contributed by atoms with van der Waals surface area (Å²) in [5.41, 5.74) is 6.71. The van der Waals surface area contributed by atoms with Gasteiger partial charge in [-0.3, -0.25) is 0 Å². The lowest BCUT2D eigenvalue weighted by molar-refractivity contribution is 0.0702. The van der Waals surface area contributed by atoms with Gasteiger partial charge in [-0.05, 0) is 39.0 Å². The van der Waals surface area contributed by atoms with Crippen LogP contribution in [0.4, 0.5) is 5.69 Å². The summed E-state index contributed by atoms with van der Waals surface area (Å²) in [7, 11) is -3.64. The van der Waals surface area contributed by atoms with Crippen LogP contribution in [-0.2, 0) is 10.0 Å². The molecule has 0 bridgehead atoms. The third kappa shape index (κ3) is 3.34. The highest BCUT2D eigenvalue weighted by Gasteiger charge is 2.36. The standard InChI is InChI=1S/C15H19N3O3S2/c1-9-17-8-14(22-9)23(19,20)18-12-7-15(2,3)21-13-5-4-10(16)6-11(12)13/h4-6,8,12,18H,7,16H2,1-3H3. The third-order valence-corrected chi connectivity index (χ3v) is 6.50. The van der Waals surface area contributed by atoms with Gasteiger partial charge in [-0.1, -0.05) is 0 Å². The molecule has 0 amide bonds. The predicted molar refractivity (Wildman–Crippen MR) is 90.1 cm³/mol. The fourth-order valence-electron chi connectivity index (χ4n) is 2.69. The van der Waals surface area contributed by atoms with Crippen LogP contribution in [0.1, 0.15) is 36.9 Å². The Balaban J connectivity index is 1.98. The Morgan fingerprint density at radius 3 is 2.83 bits per heavy atom. The first-order valence-electron chi connectivity index (χ1n) is 7.19. The van der Waals surface area contributed by atoms with Crippen molar-refractivity contribution in [2.24, 2.45) is 0 Å². The number of benzene rings is 1. The molecule has 2 aromatic rings. The van der Waals surface area contributed by atoms with Crippen LogP contribution in [0, 0.1) is 6.92 Å². The van der Waals surface area contributed by atoms with Crippen molar-refractivity contribution in [3.05, 3.63) is 35.0 Å². The molecule has 3 N–H and O–H groups in total. The molecular weight excluding hydrogens is 334 g/mol. The van der Waals surface area contributed by atoms with Crippen LogP contribution >= 0.6 is 11.3 Å². The number of nitrogens with zero attached hydrogens (tertiary/aromatic N) is 1. The number of hydrogen-bond acceptors (Lipinski definition) is 6. The minimum absolute atomic E-state index is 0.213. The number of fused-ring (bicyclic) bond motifs is 1. The number of nitrogens with two attached hydrogens (primary N) is 1. The maximum absolute atomic E-state index is 12.6. The molecule has 6 nitrogen and oxygen atoms in total. The van der Waals surface area contributed by atoms with Gasteiger partial charge in [0.15, 0.2) is 4.21 Å². The van der Waals surface area contributed by atoms with E-state index in [0.717, 1.165) is 16.9 Å². The van der Waals surface area contributed by atoms with Crippen LogP contribution in [0.3, 0.4) is 0 Å². The first kappa shape index (κ1) is 16.2. The molecule has 23 heavy (non-hydrogen) atoms. The number of thiazole rings is 1. The molecule has 0 radical (unpaired) electrons. The van der Waals surface area contributed by atoms with Gasteiger partial charge in [0.1, 0.15) is 11.4 Å². The lowest BCUT2D eigenvalue weighted by Crippen LogP contribution is -2.41. The van der Waals surface area contributed by atoms with Crippen LogP contribution in [-0.4, -0.2) is 19.0 Å². The van der Waals surface area contributed by atoms with Gasteiger partial charge < -0.3 is 10.5 Å². The highest BCUT2D eigenvalue weighted by atomic mass is 32.2. The molecule has 1 aliphatic heterocycles. The Morgan fingerprint density at radius 1 is 1.43 bits per heavy atom. The maximum atomic E-state index is 12.6. The molecule has 2 heterocycles. The summed E-state index contributed by atoms with van der Waals surface area (Å²) in [6.45, 7) is 5.64. The van der Waals surface area contributed by atoms with E-state index in [2.05, 4.69) is 9.71 Å². The molecule has 1 unspecified atom stereocenters. The molecule has 8 heteroatoms. The van der Waals surface area contributed by atoms with Crippen LogP contribution < -0.4 is 15.2 Å². The molecule has 1 aromatic heterocycles. The van der Waals surface area contributed by atoms with Crippen LogP contribution in [0.25, 0.3) is 0 Å². The Morgan fingerprint density at radius 2 is 2.17 bits per heavy atom. The molecule has 1 aromatic carbocycles. The zero-order valence-electron chi connectivity index (χ0n) is 13.2. The minimum atomic E-state index is -3.64. The van der Waals surface area contributed by atoms with Crippen molar-refractivity contribution in [2.75, 3.05) is 5.73 Å². The molecule has 0 aliphatic carbocycles. The zero-order valence-corrected chi connectivity index (χ0v) is 14.8. The van der Waals surface area contributed by atoms with E-state index >= 15 is 0 Å². The third-order valence-electron chi connectivity index (χ3n) is 3.65. The van der Waals surface area contributed by atoms with E-state index in [1.54, 1.807) is 25.1 Å². The van der Waals surface area contributed by atoms with Crippen LogP contribution in [0.2, 0.25) is 0 Å². The number of nitrogens with one attached hydrogen (secondary N) is 1. The molecule has 0 saturated heterocycles. The van der Waals surface area contributed by atoms with Crippen molar-refractivity contribution < 1.29 is 13.2 Å². The highest BCUT2D eigenvalue weighted by molar-refractivity contribution is 7.91. The molecule has 0 fully saturated rings. The van der Waals surface area contributed by atoms with Gasteiger partial charge >= 0.3 is 0 Å². The number of ether oxygens (including phenoxy) is 1. The average Bonchev–Trinajstić information content (AvgIpc) is 2.86. The van der Waals surface area contributed by atoms with Crippen LogP contribution in [0.5, 0.6) is 5.75 Å². The van der Waals surface area contributed by atoms with Crippen molar-refractivity contribution in [3.63, 3.8) is 0 Å². The molecule has 1 aliphatic rings. The van der Waals surface area contributed by atoms with E-state index in [-0.39, 0.29) is 4.21 Å². The van der Waals surface area contributed by atoms with Gasteiger partial charge in [-0.25, -0.2) is 18.1 Å². The molecular formula is C15H19N3O3S2. The molecule has 3 rings (SSSR count). The minimum Gasteiger partial charge on any atom is -0.487 e. The second-order valence-electron chi connectivity index (χ2n) is 6.24. The lowest BCUT2D eigenvalue weighted by atomic mass is 9.90. The highest BCUT2D eigenvalue weighted by Crippen LogP contribution is 2.41. The van der Waals surface area contributed by atoms with Gasteiger partial charge in [0.05, 0.1) is 17.2 Å². The Hall–Kier alpha value is -1.64. The zero-order chi connectivity index (χ0) is 16.8. The summed E-state index contributed by atoms with van der Waals surface area (Å²) >= 11 is 1.15. The molecule has 0 spiro atoms. The van der Waals surface area contributed by atoms with Gasteiger partial charge in [0.25, 0.3) is 10.0 Å².